The van der Waals surface area contributed by atoms with Gasteiger partial charge in [0.2, 0.25) is 0 Å². The number of ether oxygens (including phenoxy) is 3. The van der Waals surface area contributed by atoms with Crippen LogP contribution < -0.4 is 20.1 Å². The minimum absolute atomic E-state index is 0.0513. The highest BCUT2D eigenvalue weighted by Gasteiger charge is 2.23. The van der Waals surface area contributed by atoms with E-state index in [1.165, 1.54) is 20.3 Å². The van der Waals surface area contributed by atoms with Gasteiger partial charge < -0.3 is 24.8 Å². The molecule has 2 N–H and O–H groups in total. The Balaban J connectivity index is 2.15. The van der Waals surface area contributed by atoms with E-state index in [0.29, 0.717) is 25.4 Å². The van der Waals surface area contributed by atoms with Crippen molar-refractivity contribution in [2.45, 2.75) is 6.10 Å². The third-order valence-electron chi connectivity index (χ3n) is 2.95. The Morgan fingerprint density at radius 1 is 1.40 bits per heavy atom. The molecule has 7 heteroatoms. The highest BCUT2D eigenvalue weighted by atomic mass is 19.1. The number of nitrogens with one attached hydrogen (secondary N) is 2. The Morgan fingerprint density at radius 3 is 2.75 bits per heavy atom. The molecule has 0 spiro atoms. The van der Waals surface area contributed by atoms with Gasteiger partial charge in [0.15, 0.2) is 11.6 Å². The highest BCUT2D eigenvalue weighted by molar-refractivity contribution is 5.95. The van der Waals surface area contributed by atoms with Crippen LogP contribution in [0.4, 0.5) is 10.1 Å². The molecule has 2 rings (SSSR count). The second-order valence-electron chi connectivity index (χ2n) is 4.24. The topological polar surface area (TPSA) is 68.8 Å². The summed E-state index contributed by atoms with van der Waals surface area (Å²) < 4.78 is 29.0. The SMILES string of the molecule is COc1cc(OC)c(NC(=O)C2CNCCO2)cc1F. The molecule has 1 amide bonds. The summed E-state index contributed by atoms with van der Waals surface area (Å²) in [5, 5.41) is 5.65. The maximum Gasteiger partial charge on any atom is 0.254 e. The van der Waals surface area contributed by atoms with E-state index in [-0.39, 0.29) is 17.3 Å². The summed E-state index contributed by atoms with van der Waals surface area (Å²) in [5.74, 6) is -0.554. The lowest BCUT2D eigenvalue weighted by Gasteiger charge is -2.23. The van der Waals surface area contributed by atoms with Gasteiger partial charge in [-0.1, -0.05) is 0 Å². The number of carbonyl (C=O) groups is 1. The van der Waals surface area contributed by atoms with Crippen LogP contribution in [0.5, 0.6) is 11.5 Å². The van der Waals surface area contributed by atoms with E-state index in [1.807, 2.05) is 0 Å². The van der Waals surface area contributed by atoms with Gasteiger partial charge in [-0.3, -0.25) is 4.79 Å². The van der Waals surface area contributed by atoms with Crippen molar-refractivity contribution in [1.29, 1.82) is 0 Å². The fourth-order valence-electron chi connectivity index (χ4n) is 1.90. The molecule has 1 aromatic rings. The molecule has 1 aromatic carbocycles. The quantitative estimate of drug-likeness (QED) is 0.854. The van der Waals surface area contributed by atoms with Crippen molar-refractivity contribution < 1.29 is 23.4 Å². The average molecular weight is 284 g/mol. The first-order valence-corrected chi connectivity index (χ1v) is 6.20. The van der Waals surface area contributed by atoms with E-state index in [4.69, 9.17) is 14.2 Å². The average Bonchev–Trinajstić information content (AvgIpc) is 2.48. The largest absolute Gasteiger partial charge is 0.494 e. The first-order chi connectivity index (χ1) is 9.65. The minimum atomic E-state index is -0.599. The summed E-state index contributed by atoms with van der Waals surface area (Å²) >= 11 is 0. The third-order valence-corrected chi connectivity index (χ3v) is 2.95. The number of benzene rings is 1. The van der Waals surface area contributed by atoms with Crippen LogP contribution in [-0.4, -0.2) is 45.9 Å². The molecular weight excluding hydrogens is 267 g/mol. The van der Waals surface area contributed by atoms with Crippen molar-refractivity contribution in [2.24, 2.45) is 0 Å². The summed E-state index contributed by atoms with van der Waals surface area (Å²) in [6.45, 7) is 1.60. The number of morpholine rings is 1. The van der Waals surface area contributed by atoms with E-state index in [9.17, 15) is 9.18 Å². The van der Waals surface area contributed by atoms with Crippen molar-refractivity contribution >= 4 is 11.6 Å². The summed E-state index contributed by atoms with van der Waals surface area (Å²) in [6, 6.07) is 2.54. The molecule has 1 heterocycles. The van der Waals surface area contributed by atoms with E-state index in [2.05, 4.69) is 10.6 Å². The van der Waals surface area contributed by atoms with Crippen LogP contribution in [0, 0.1) is 5.82 Å². The number of methoxy groups -OCH3 is 2. The van der Waals surface area contributed by atoms with Crippen molar-refractivity contribution in [2.75, 3.05) is 39.2 Å². The van der Waals surface area contributed by atoms with Gasteiger partial charge in [0.05, 0.1) is 26.5 Å². The molecule has 110 valence electrons. The number of rotatable bonds is 4. The Bertz CT molecular complexity index is 490. The van der Waals surface area contributed by atoms with Crippen molar-refractivity contribution in [3.8, 4) is 11.5 Å². The predicted octanol–water partition coefficient (Wildman–Crippen LogP) is 0.770. The fourth-order valence-corrected chi connectivity index (χ4v) is 1.90. The lowest BCUT2D eigenvalue weighted by Crippen LogP contribution is -2.45. The van der Waals surface area contributed by atoms with Gasteiger partial charge in [-0.25, -0.2) is 4.39 Å². The Morgan fingerprint density at radius 2 is 2.15 bits per heavy atom. The molecule has 1 saturated heterocycles. The van der Waals surface area contributed by atoms with E-state index < -0.39 is 11.9 Å². The maximum atomic E-state index is 13.7. The standard InChI is InChI=1S/C13H17FN2O4/c1-18-10-6-11(19-2)9(5-8(10)14)16-13(17)12-7-15-3-4-20-12/h5-6,12,15H,3-4,7H2,1-2H3,(H,16,17). The predicted molar refractivity (Wildman–Crippen MR) is 70.7 cm³/mol. The maximum absolute atomic E-state index is 13.7. The lowest BCUT2D eigenvalue weighted by atomic mass is 10.2. The Hall–Kier alpha value is -1.86. The molecule has 1 aliphatic rings. The first kappa shape index (κ1) is 14.5. The fraction of sp³-hybridized carbons (Fsp3) is 0.462. The van der Waals surface area contributed by atoms with Gasteiger partial charge >= 0.3 is 0 Å². The van der Waals surface area contributed by atoms with E-state index in [0.717, 1.165) is 6.07 Å². The van der Waals surface area contributed by atoms with Crippen LogP contribution >= 0.6 is 0 Å². The van der Waals surface area contributed by atoms with Crippen molar-refractivity contribution in [3.63, 3.8) is 0 Å². The molecule has 0 aromatic heterocycles. The molecule has 20 heavy (non-hydrogen) atoms. The Labute approximate surface area is 116 Å². The second kappa shape index (κ2) is 6.53. The van der Waals surface area contributed by atoms with Gasteiger partial charge in [-0.15, -0.1) is 0 Å². The number of hydrogen-bond donors (Lipinski definition) is 2. The first-order valence-electron chi connectivity index (χ1n) is 6.20. The van der Waals surface area contributed by atoms with Gasteiger partial charge in [-0.2, -0.15) is 0 Å². The van der Waals surface area contributed by atoms with Crippen LogP contribution in [0.1, 0.15) is 0 Å². The number of hydrogen-bond acceptors (Lipinski definition) is 5. The molecule has 0 radical (unpaired) electrons. The number of halogens is 1. The summed E-state index contributed by atoms with van der Waals surface area (Å²) in [5.41, 5.74) is 0.241. The van der Waals surface area contributed by atoms with Gasteiger partial charge in [-0.05, 0) is 0 Å². The highest BCUT2D eigenvalue weighted by Crippen LogP contribution is 2.32. The molecule has 1 aliphatic heterocycles. The Kier molecular flexibility index (Phi) is 4.75. The van der Waals surface area contributed by atoms with Crippen LogP contribution in [-0.2, 0) is 9.53 Å². The zero-order valence-electron chi connectivity index (χ0n) is 11.4. The monoisotopic (exact) mass is 284 g/mol. The molecule has 1 fully saturated rings. The molecule has 0 saturated carbocycles. The molecule has 0 aliphatic carbocycles. The molecular formula is C13H17FN2O4. The number of anilines is 1. The van der Waals surface area contributed by atoms with E-state index in [1.54, 1.807) is 0 Å². The van der Waals surface area contributed by atoms with Crippen molar-refractivity contribution in [3.05, 3.63) is 17.9 Å². The molecule has 1 unspecified atom stereocenters. The number of carbonyl (C=O) groups excluding carboxylic acids is 1. The normalized spacial score (nSPS) is 18.4. The van der Waals surface area contributed by atoms with Crippen LogP contribution in [0.15, 0.2) is 12.1 Å². The van der Waals surface area contributed by atoms with E-state index >= 15 is 0 Å². The van der Waals surface area contributed by atoms with Crippen molar-refractivity contribution in [1.82, 2.24) is 5.32 Å². The van der Waals surface area contributed by atoms with Gasteiger partial charge in [0, 0.05) is 25.2 Å². The third kappa shape index (κ3) is 3.17. The zero-order chi connectivity index (χ0) is 14.5. The lowest BCUT2D eigenvalue weighted by molar-refractivity contribution is -0.128. The minimum Gasteiger partial charge on any atom is -0.494 e. The molecule has 1 atom stereocenters. The van der Waals surface area contributed by atoms with Crippen LogP contribution in [0.2, 0.25) is 0 Å². The number of amides is 1. The van der Waals surface area contributed by atoms with Gasteiger partial charge in [0.25, 0.3) is 5.91 Å². The zero-order valence-corrected chi connectivity index (χ0v) is 11.4. The van der Waals surface area contributed by atoms with Crippen LogP contribution in [0.3, 0.4) is 0 Å². The second-order valence-corrected chi connectivity index (χ2v) is 4.24. The van der Waals surface area contributed by atoms with Gasteiger partial charge in [0.1, 0.15) is 11.9 Å². The summed E-state index contributed by atoms with van der Waals surface area (Å²) in [6.07, 6.45) is -0.599. The van der Waals surface area contributed by atoms with Crippen LogP contribution in [0.25, 0.3) is 0 Å². The summed E-state index contributed by atoms with van der Waals surface area (Å²) in [7, 11) is 2.79. The molecule has 0 bridgehead atoms. The molecule has 6 nitrogen and oxygen atoms in total. The summed E-state index contributed by atoms with van der Waals surface area (Å²) in [4.78, 5) is 12.0. The smallest absolute Gasteiger partial charge is 0.254 e.